The number of benzene rings is 1. The van der Waals surface area contributed by atoms with E-state index >= 15 is 0 Å². The van der Waals surface area contributed by atoms with Gasteiger partial charge in [0, 0.05) is 22.6 Å². The first-order valence-electron chi connectivity index (χ1n) is 13.5. The lowest BCUT2D eigenvalue weighted by Gasteiger charge is -2.15. The number of methoxy groups -OCH3 is 1. The number of ether oxygens (including phenoxy) is 2. The smallest absolute Gasteiger partial charge is 0.329 e. The van der Waals surface area contributed by atoms with Crippen LogP contribution in [0.3, 0.4) is 0 Å². The largest absolute Gasteiger partial charge is 0.481 e. The minimum Gasteiger partial charge on any atom is -0.481 e. The lowest BCUT2D eigenvalue weighted by molar-refractivity contribution is -0.144. The van der Waals surface area contributed by atoms with Crippen molar-refractivity contribution in [1.29, 1.82) is 0 Å². The van der Waals surface area contributed by atoms with Crippen LogP contribution in [0.4, 0.5) is 0 Å². The first-order chi connectivity index (χ1) is 18.5. The molecule has 3 aromatic rings. The van der Waals surface area contributed by atoms with Crippen molar-refractivity contribution in [3.8, 4) is 5.88 Å². The van der Waals surface area contributed by atoms with Crippen LogP contribution in [0.25, 0.3) is 5.57 Å². The zero-order chi connectivity index (χ0) is 26.5. The van der Waals surface area contributed by atoms with E-state index in [-0.39, 0.29) is 12.5 Å². The van der Waals surface area contributed by atoms with Crippen molar-refractivity contribution in [2.45, 2.75) is 70.8 Å². The summed E-state index contributed by atoms with van der Waals surface area (Å²) in [4.78, 5) is 17.8. The van der Waals surface area contributed by atoms with Gasteiger partial charge in [-0.25, -0.2) is 9.78 Å². The Hall–Kier alpha value is -3.26. The van der Waals surface area contributed by atoms with E-state index < -0.39 is 0 Å². The molecule has 0 bridgehead atoms. The molecule has 200 valence electrons. The second-order valence-electron chi connectivity index (χ2n) is 10.0. The summed E-state index contributed by atoms with van der Waals surface area (Å²) >= 11 is 6.79. The number of carbonyl (C=O) groups is 1. The van der Waals surface area contributed by atoms with Gasteiger partial charge in [-0.1, -0.05) is 48.7 Å². The quantitative estimate of drug-likeness (QED) is 0.296. The molecule has 0 radical (unpaired) electrons. The third-order valence-electron chi connectivity index (χ3n) is 7.23. The summed E-state index contributed by atoms with van der Waals surface area (Å²) < 4.78 is 10.6. The number of esters is 1. The van der Waals surface area contributed by atoms with Gasteiger partial charge in [-0.2, -0.15) is 4.80 Å². The van der Waals surface area contributed by atoms with Crippen LogP contribution in [0, 0.1) is 5.92 Å². The third-order valence-corrected chi connectivity index (χ3v) is 7.58. The molecule has 0 aliphatic heterocycles. The molecule has 2 aromatic heterocycles. The minimum atomic E-state index is -0.383. The highest BCUT2D eigenvalue weighted by Crippen LogP contribution is 2.44. The summed E-state index contributed by atoms with van der Waals surface area (Å²) in [7, 11) is 1.70. The molecule has 0 atom stereocenters. The van der Waals surface area contributed by atoms with Gasteiger partial charge in [-0.05, 0) is 79.3 Å². The summed E-state index contributed by atoms with van der Waals surface area (Å²) in [6.45, 7) is 2.04. The molecule has 2 heterocycles. The lowest BCUT2D eigenvalue weighted by atomic mass is 9.94. The van der Waals surface area contributed by atoms with Gasteiger partial charge in [0.1, 0.15) is 0 Å². The maximum Gasteiger partial charge on any atom is 0.329 e. The number of tetrazole rings is 1. The molecular formula is C29H34ClN5O3. The normalized spacial score (nSPS) is 16.1. The molecule has 2 saturated carbocycles. The highest BCUT2D eigenvalue weighted by molar-refractivity contribution is 6.31. The molecule has 0 N–H and O–H groups in total. The van der Waals surface area contributed by atoms with Crippen molar-refractivity contribution in [3.05, 3.63) is 69.6 Å². The van der Waals surface area contributed by atoms with E-state index in [4.69, 9.17) is 26.1 Å². The predicted octanol–water partition coefficient (Wildman–Crippen LogP) is 5.58. The van der Waals surface area contributed by atoms with Crippen molar-refractivity contribution in [2.75, 3.05) is 13.7 Å². The zero-order valence-electron chi connectivity index (χ0n) is 22.0. The Balaban J connectivity index is 1.34. The lowest BCUT2D eigenvalue weighted by Crippen LogP contribution is -2.15. The van der Waals surface area contributed by atoms with Gasteiger partial charge in [0.2, 0.25) is 5.88 Å². The van der Waals surface area contributed by atoms with Gasteiger partial charge >= 0.3 is 5.97 Å². The fourth-order valence-corrected chi connectivity index (χ4v) is 5.36. The number of aryl methyl sites for hydroxylation is 2. The summed E-state index contributed by atoms with van der Waals surface area (Å²) in [5, 5.41) is 13.0. The Labute approximate surface area is 228 Å². The standard InChI is InChI=1S/C29H34ClN5O3/c1-3-38-28(36)18-35-33-27(32-34-35)15-12-21-10-11-22(17-25(21)30)24(16-19-6-4-5-7-19)26-14-13-23(20-8-9-20)29(31-26)37-2/h10-11,13-14,16-17,19-20H,3-9,12,15,18H2,1-2H3/b24-16+. The minimum absolute atomic E-state index is 0.0488. The molecule has 5 rings (SSSR count). The summed E-state index contributed by atoms with van der Waals surface area (Å²) in [5.41, 5.74) is 5.29. The average Bonchev–Trinajstić information content (AvgIpc) is 3.44. The molecule has 0 unspecified atom stereocenters. The highest BCUT2D eigenvalue weighted by Gasteiger charge is 2.28. The van der Waals surface area contributed by atoms with Crippen molar-refractivity contribution in [3.63, 3.8) is 0 Å². The number of aromatic nitrogens is 5. The van der Waals surface area contributed by atoms with Crippen LogP contribution in [0.15, 0.2) is 36.4 Å². The second-order valence-corrected chi connectivity index (χ2v) is 10.4. The van der Waals surface area contributed by atoms with Gasteiger partial charge in [-0.15, -0.1) is 10.2 Å². The van der Waals surface area contributed by atoms with Crippen molar-refractivity contribution in [1.82, 2.24) is 25.2 Å². The molecule has 2 aliphatic carbocycles. The number of halogens is 1. The van der Waals surface area contributed by atoms with Crippen LogP contribution < -0.4 is 4.74 Å². The molecular weight excluding hydrogens is 502 g/mol. The number of pyridine rings is 1. The van der Waals surface area contributed by atoms with Crippen LogP contribution in [0.1, 0.15) is 79.6 Å². The predicted molar refractivity (Wildman–Crippen MR) is 145 cm³/mol. The van der Waals surface area contributed by atoms with E-state index in [0.29, 0.717) is 42.1 Å². The van der Waals surface area contributed by atoms with E-state index in [1.54, 1.807) is 14.0 Å². The molecule has 0 amide bonds. The second kappa shape index (κ2) is 12.1. The topological polar surface area (TPSA) is 92.0 Å². The molecule has 0 spiro atoms. The van der Waals surface area contributed by atoms with Crippen molar-refractivity contribution < 1.29 is 14.3 Å². The molecule has 38 heavy (non-hydrogen) atoms. The first-order valence-corrected chi connectivity index (χ1v) is 13.9. The third kappa shape index (κ3) is 6.41. The summed E-state index contributed by atoms with van der Waals surface area (Å²) in [6.07, 6.45) is 11.0. The number of allylic oxidation sites excluding steroid dienone is 1. The molecule has 1 aromatic carbocycles. The molecule has 0 saturated heterocycles. The Morgan fingerprint density at radius 3 is 2.66 bits per heavy atom. The molecule has 9 heteroatoms. The number of rotatable bonds is 11. The fourth-order valence-electron chi connectivity index (χ4n) is 5.09. The van der Waals surface area contributed by atoms with Gasteiger partial charge < -0.3 is 9.47 Å². The van der Waals surface area contributed by atoms with Gasteiger partial charge in [0.05, 0.1) is 19.4 Å². The van der Waals surface area contributed by atoms with Crippen LogP contribution in [-0.4, -0.2) is 44.9 Å². The zero-order valence-corrected chi connectivity index (χ0v) is 22.8. The maximum atomic E-state index is 11.6. The number of carbonyl (C=O) groups excluding carboxylic acids is 1. The Kier molecular flexibility index (Phi) is 8.37. The maximum absolute atomic E-state index is 11.6. The average molecular weight is 536 g/mol. The molecule has 8 nitrogen and oxygen atoms in total. The number of hydrogen-bond acceptors (Lipinski definition) is 7. The van der Waals surface area contributed by atoms with Crippen molar-refractivity contribution in [2.24, 2.45) is 5.92 Å². The molecule has 2 fully saturated rings. The first kappa shape index (κ1) is 26.4. The van der Waals surface area contributed by atoms with Crippen molar-refractivity contribution >= 4 is 23.1 Å². The fraction of sp³-hybridized carbons (Fsp3) is 0.483. The van der Waals surface area contributed by atoms with E-state index in [2.05, 4.69) is 45.8 Å². The van der Waals surface area contributed by atoms with Gasteiger partial charge in [-0.3, -0.25) is 0 Å². The highest BCUT2D eigenvalue weighted by atomic mass is 35.5. The summed E-state index contributed by atoms with van der Waals surface area (Å²) in [5.74, 6) is 2.02. The molecule has 2 aliphatic rings. The van der Waals surface area contributed by atoms with Gasteiger partial charge in [0.25, 0.3) is 0 Å². The Morgan fingerprint density at radius 1 is 1.13 bits per heavy atom. The van der Waals surface area contributed by atoms with E-state index in [0.717, 1.165) is 28.3 Å². The van der Waals surface area contributed by atoms with Gasteiger partial charge in [0.15, 0.2) is 12.4 Å². The van der Waals surface area contributed by atoms with Crippen LogP contribution >= 0.6 is 11.6 Å². The Morgan fingerprint density at radius 2 is 1.95 bits per heavy atom. The van der Waals surface area contributed by atoms with E-state index in [1.165, 1.54) is 48.9 Å². The summed E-state index contributed by atoms with van der Waals surface area (Å²) in [6, 6.07) is 10.5. The van der Waals surface area contributed by atoms with Crippen LogP contribution in [0.5, 0.6) is 5.88 Å². The van der Waals surface area contributed by atoms with Crippen LogP contribution in [0.2, 0.25) is 5.02 Å². The SMILES string of the molecule is CCOC(=O)Cn1nnc(CCc2ccc(/C(=C\C3CCCC3)c3ccc(C4CC4)c(OC)n3)cc2Cl)n1. The number of nitrogens with zero attached hydrogens (tertiary/aromatic N) is 5. The van der Waals surface area contributed by atoms with E-state index in [9.17, 15) is 4.79 Å². The number of hydrogen-bond donors (Lipinski definition) is 0. The monoisotopic (exact) mass is 535 g/mol. The Bertz CT molecular complexity index is 1310. The van der Waals surface area contributed by atoms with Crippen LogP contribution in [-0.2, 0) is 28.9 Å². The van der Waals surface area contributed by atoms with E-state index in [1.807, 2.05) is 6.07 Å².